The van der Waals surface area contributed by atoms with Crippen LogP contribution in [0.3, 0.4) is 0 Å². The first-order valence-electron chi connectivity index (χ1n) is 6.61. The van der Waals surface area contributed by atoms with Crippen LogP contribution in [0.1, 0.15) is 52.9 Å². The fourth-order valence-electron chi connectivity index (χ4n) is 2.05. The van der Waals surface area contributed by atoms with Gasteiger partial charge in [0.1, 0.15) is 0 Å². The highest BCUT2D eigenvalue weighted by Crippen LogP contribution is 2.34. The molecule has 18 heavy (non-hydrogen) atoms. The molecule has 0 aromatic heterocycles. The number of nitrogens with one attached hydrogen (secondary N) is 2. The Morgan fingerprint density at radius 2 is 1.94 bits per heavy atom. The molecule has 1 aliphatic carbocycles. The molecule has 0 aromatic rings. The monoisotopic (exact) mass is 256 g/mol. The molecule has 0 bridgehead atoms. The van der Waals surface area contributed by atoms with E-state index in [2.05, 4.69) is 17.6 Å². The van der Waals surface area contributed by atoms with Crippen molar-refractivity contribution in [3.05, 3.63) is 0 Å². The van der Waals surface area contributed by atoms with Crippen LogP contribution >= 0.6 is 0 Å². The van der Waals surface area contributed by atoms with Gasteiger partial charge in [-0.25, -0.2) is 4.79 Å². The lowest BCUT2D eigenvalue weighted by molar-refractivity contribution is -0.147. The first-order valence-corrected chi connectivity index (χ1v) is 6.61. The summed E-state index contributed by atoms with van der Waals surface area (Å²) in [5.41, 5.74) is -0.821. The molecule has 0 heterocycles. The molecular formula is C13H24N2O3. The lowest BCUT2D eigenvalue weighted by Crippen LogP contribution is -2.56. The van der Waals surface area contributed by atoms with Gasteiger partial charge in [-0.05, 0) is 46.0 Å². The Bertz CT molecular complexity index is 317. The third kappa shape index (κ3) is 3.62. The van der Waals surface area contributed by atoms with Gasteiger partial charge in [-0.2, -0.15) is 0 Å². The lowest BCUT2D eigenvalue weighted by Gasteiger charge is -2.41. The maximum Gasteiger partial charge on any atom is 0.315 e. The van der Waals surface area contributed by atoms with Crippen LogP contribution in [-0.2, 0) is 4.79 Å². The van der Waals surface area contributed by atoms with Crippen LogP contribution in [0.4, 0.5) is 4.79 Å². The van der Waals surface area contributed by atoms with Gasteiger partial charge in [-0.15, -0.1) is 0 Å². The summed E-state index contributed by atoms with van der Waals surface area (Å²) in [7, 11) is 0. The Morgan fingerprint density at radius 1 is 1.33 bits per heavy atom. The van der Waals surface area contributed by atoms with Gasteiger partial charge >= 0.3 is 12.0 Å². The Labute approximate surface area is 108 Å². The molecule has 3 N–H and O–H groups in total. The standard InChI is InChI=1S/C13H24N2O3/c1-4-13(6-5-7-13)15-11(18)14-9-8-12(2,3)10(16)17/h4-9H2,1-3H3,(H,16,17)(H2,14,15,18). The van der Waals surface area contributed by atoms with E-state index in [0.29, 0.717) is 13.0 Å². The lowest BCUT2D eigenvalue weighted by atomic mass is 9.75. The highest BCUT2D eigenvalue weighted by atomic mass is 16.4. The highest BCUT2D eigenvalue weighted by molar-refractivity contribution is 5.75. The molecular weight excluding hydrogens is 232 g/mol. The number of carboxylic acid groups (broad SMARTS) is 1. The van der Waals surface area contributed by atoms with Crippen molar-refractivity contribution >= 4 is 12.0 Å². The van der Waals surface area contributed by atoms with E-state index in [0.717, 1.165) is 19.3 Å². The molecule has 1 aliphatic rings. The molecule has 1 fully saturated rings. The van der Waals surface area contributed by atoms with Gasteiger partial charge in [-0.3, -0.25) is 4.79 Å². The van der Waals surface area contributed by atoms with Crippen molar-refractivity contribution in [1.29, 1.82) is 0 Å². The third-order valence-electron chi connectivity index (χ3n) is 3.98. The second-order valence-corrected chi connectivity index (χ2v) is 5.81. The zero-order valence-electron chi connectivity index (χ0n) is 11.5. The van der Waals surface area contributed by atoms with Crippen molar-refractivity contribution in [2.75, 3.05) is 6.54 Å². The Hall–Kier alpha value is -1.26. The average Bonchev–Trinajstić information content (AvgIpc) is 2.23. The predicted octanol–water partition coefficient (Wildman–Crippen LogP) is 2.12. The molecule has 1 rings (SSSR count). The van der Waals surface area contributed by atoms with E-state index < -0.39 is 11.4 Å². The maximum atomic E-state index is 11.7. The summed E-state index contributed by atoms with van der Waals surface area (Å²) in [6.07, 6.45) is 4.62. The van der Waals surface area contributed by atoms with E-state index in [-0.39, 0.29) is 11.6 Å². The van der Waals surface area contributed by atoms with Crippen LogP contribution < -0.4 is 10.6 Å². The van der Waals surface area contributed by atoms with Gasteiger partial charge in [-0.1, -0.05) is 6.92 Å². The number of rotatable bonds is 6. The van der Waals surface area contributed by atoms with Gasteiger partial charge in [0.05, 0.1) is 5.41 Å². The van der Waals surface area contributed by atoms with Crippen LogP contribution in [0.5, 0.6) is 0 Å². The highest BCUT2D eigenvalue weighted by Gasteiger charge is 2.36. The minimum Gasteiger partial charge on any atom is -0.481 e. The summed E-state index contributed by atoms with van der Waals surface area (Å²) < 4.78 is 0. The van der Waals surface area contributed by atoms with Crippen LogP contribution in [0.25, 0.3) is 0 Å². The smallest absolute Gasteiger partial charge is 0.315 e. The first kappa shape index (κ1) is 14.8. The van der Waals surface area contributed by atoms with E-state index in [4.69, 9.17) is 5.11 Å². The molecule has 2 amide bonds. The normalized spacial score (nSPS) is 17.7. The number of carboxylic acids is 1. The minimum absolute atomic E-state index is 0.0214. The molecule has 0 spiro atoms. The molecule has 0 aliphatic heterocycles. The second-order valence-electron chi connectivity index (χ2n) is 5.81. The number of hydrogen-bond donors (Lipinski definition) is 3. The fraction of sp³-hybridized carbons (Fsp3) is 0.846. The summed E-state index contributed by atoms with van der Waals surface area (Å²) in [6.45, 7) is 5.78. The molecule has 5 nitrogen and oxygen atoms in total. The molecule has 0 saturated heterocycles. The zero-order valence-corrected chi connectivity index (χ0v) is 11.5. The molecule has 0 atom stereocenters. The van der Waals surface area contributed by atoms with Crippen molar-refractivity contribution in [1.82, 2.24) is 10.6 Å². The SMILES string of the molecule is CCC1(NC(=O)NCCC(C)(C)C(=O)O)CCC1. The molecule has 0 radical (unpaired) electrons. The van der Waals surface area contributed by atoms with Gasteiger partial charge in [0.15, 0.2) is 0 Å². The number of carbonyl (C=O) groups excluding carboxylic acids is 1. The molecule has 1 saturated carbocycles. The summed E-state index contributed by atoms with van der Waals surface area (Å²) in [5.74, 6) is -0.839. The van der Waals surface area contributed by atoms with E-state index in [1.807, 2.05) is 0 Å². The quantitative estimate of drug-likeness (QED) is 0.681. The Balaban J connectivity index is 2.27. The van der Waals surface area contributed by atoms with Gasteiger partial charge in [0.25, 0.3) is 0 Å². The summed E-state index contributed by atoms with van der Waals surface area (Å²) in [5, 5.41) is 14.7. The average molecular weight is 256 g/mol. The number of hydrogen-bond acceptors (Lipinski definition) is 2. The largest absolute Gasteiger partial charge is 0.481 e. The molecule has 0 aromatic carbocycles. The van der Waals surface area contributed by atoms with Crippen LogP contribution in [0.2, 0.25) is 0 Å². The van der Waals surface area contributed by atoms with Crippen molar-refractivity contribution in [3.63, 3.8) is 0 Å². The van der Waals surface area contributed by atoms with Crippen molar-refractivity contribution in [3.8, 4) is 0 Å². The van der Waals surface area contributed by atoms with E-state index in [1.165, 1.54) is 6.42 Å². The van der Waals surface area contributed by atoms with E-state index >= 15 is 0 Å². The summed E-state index contributed by atoms with van der Waals surface area (Å²) in [6, 6.07) is -0.183. The van der Waals surface area contributed by atoms with E-state index in [9.17, 15) is 9.59 Å². The molecule has 5 heteroatoms. The predicted molar refractivity (Wildman–Crippen MR) is 69.4 cm³/mol. The maximum absolute atomic E-state index is 11.7. The number of aliphatic carboxylic acids is 1. The first-order chi connectivity index (χ1) is 8.31. The molecule has 104 valence electrons. The van der Waals surface area contributed by atoms with Gasteiger partial charge in [0.2, 0.25) is 0 Å². The number of amides is 2. The second kappa shape index (κ2) is 5.59. The van der Waals surface area contributed by atoms with E-state index in [1.54, 1.807) is 13.8 Å². The van der Waals surface area contributed by atoms with Crippen LogP contribution in [0.15, 0.2) is 0 Å². The van der Waals surface area contributed by atoms with Crippen molar-refractivity contribution in [2.24, 2.45) is 5.41 Å². The topological polar surface area (TPSA) is 78.4 Å². The molecule has 0 unspecified atom stereocenters. The number of carbonyl (C=O) groups is 2. The fourth-order valence-corrected chi connectivity index (χ4v) is 2.05. The zero-order chi connectivity index (χ0) is 13.8. The van der Waals surface area contributed by atoms with Gasteiger partial charge < -0.3 is 15.7 Å². The van der Waals surface area contributed by atoms with Gasteiger partial charge in [0, 0.05) is 12.1 Å². The summed E-state index contributed by atoms with van der Waals surface area (Å²) >= 11 is 0. The third-order valence-corrected chi connectivity index (χ3v) is 3.98. The minimum atomic E-state index is -0.839. The van der Waals surface area contributed by atoms with Crippen molar-refractivity contribution in [2.45, 2.75) is 58.4 Å². The number of urea groups is 1. The van der Waals surface area contributed by atoms with Crippen LogP contribution in [0, 0.1) is 5.41 Å². The van der Waals surface area contributed by atoms with Crippen molar-refractivity contribution < 1.29 is 14.7 Å². The summed E-state index contributed by atoms with van der Waals surface area (Å²) in [4.78, 5) is 22.6. The Kier molecular flexibility index (Phi) is 4.59. The Morgan fingerprint density at radius 3 is 2.33 bits per heavy atom. The van der Waals surface area contributed by atoms with Crippen LogP contribution in [-0.4, -0.2) is 29.2 Å².